The summed E-state index contributed by atoms with van der Waals surface area (Å²) in [5.74, 6) is 1.05. The average Bonchev–Trinajstić information content (AvgIpc) is 3.03. The molecule has 0 saturated heterocycles. The second-order valence-corrected chi connectivity index (χ2v) is 6.99. The van der Waals surface area contributed by atoms with Crippen LogP contribution in [-0.4, -0.2) is 39.2 Å². The van der Waals surface area contributed by atoms with E-state index in [9.17, 15) is 4.21 Å². The van der Waals surface area contributed by atoms with Crippen molar-refractivity contribution in [3.05, 3.63) is 47.9 Å². The van der Waals surface area contributed by atoms with Crippen LogP contribution in [0.3, 0.4) is 0 Å². The minimum Gasteiger partial charge on any atom is -0.497 e. The first-order chi connectivity index (χ1) is 12.1. The van der Waals surface area contributed by atoms with Gasteiger partial charge in [-0.2, -0.15) is 15.7 Å². The molecule has 0 amide bonds. The van der Waals surface area contributed by atoms with Gasteiger partial charge in [-0.3, -0.25) is 4.98 Å². The number of rotatable bonds is 4. The molecule has 0 aliphatic carbocycles. The minimum absolute atomic E-state index is 0.280. The van der Waals surface area contributed by atoms with Gasteiger partial charge in [0.1, 0.15) is 5.75 Å². The number of nitrogens with zero attached hydrogens (tertiary/aromatic N) is 4. The monoisotopic (exact) mass is 356 g/mol. The van der Waals surface area contributed by atoms with E-state index in [0.717, 1.165) is 46.6 Å². The predicted molar refractivity (Wildman–Crippen MR) is 95.2 cm³/mol. The van der Waals surface area contributed by atoms with Gasteiger partial charge in [0.15, 0.2) is 0 Å². The number of benzene rings is 1. The Morgan fingerprint density at radius 3 is 3.04 bits per heavy atom. The van der Waals surface area contributed by atoms with E-state index in [1.165, 1.54) is 0 Å². The molecule has 0 bridgehead atoms. The molecule has 1 N–H and O–H groups in total. The molecule has 1 aliphatic heterocycles. The number of hydrogen-bond acceptors (Lipinski definition) is 7. The zero-order valence-corrected chi connectivity index (χ0v) is 14.6. The number of methoxy groups -OCH3 is 1. The van der Waals surface area contributed by atoms with Gasteiger partial charge in [-0.25, -0.2) is 4.68 Å². The lowest BCUT2D eigenvalue weighted by Crippen LogP contribution is -2.31. The molecule has 4 rings (SSSR count). The molecule has 1 aromatic carbocycles. The highest BCUT2D eigenvalue weighted by molar-refractivity contribution is 7.73. The van der Waals surface area contributed by atoms with Crippen LogP contribution in [0.15, 0.2) is 36.7 Å². The third-order valence-corrected chi connectivity index (χ3v) is 5.01. The highest BCUT2D eigenvalue weighted by Gasteiger charge is 2.19. The predicted octanol–water partition coefficient (Wildman–Crippen LogP) is 2.47. The van der Waals surface area contributed by atoms with Gasteiger partial charge in [0.25, 0.3) is 0 Å². The third kappa shape index (κ3) is 3.10. The molecule has 0 spiro atoms. The lowest BCUT2D eigenvalue weighted by Gasteiger charge is -2.27. The maximum absolute atomic E-state index is 11.1. The fourth-order valence-electron chi connectivity index (χ4n) is 3.21. The fourth-order valence-corrected chi connectivity index (χ4v) is 3.76. The molecule has 0 radical (unpaired) electrons. The third-order valence-electron chi connectivity index (χ3n) is 4.41. The quantitative estimate of drug-likeness (QED) is 0.726. The number of fused-ring (bicyclic) bond motifs is 2. The largest absolute Gasteiger partial charge is 0.497 e. The Balaban J connectivity index is 1.72. The second kappa shape index (κ2) is 6.45. The van der Waals surface area contributed by atoms with E-state index in [0.29, 0.717) is 6.54 Å². The number of aromatic nitrogens is 3. The Labute approximate surface area is 147 Å². The van der Waals surface area contributed by atoms with Crippen LogP contribution < -0.4 is 4.74 Å². The Bertz CT molecular complexity index is 1000. The molecule has 25 heavy (non-hydrogen) atoms. The minimum atomic E-state index is -1.56. The fraction of sp³-hybridized carbons (Fsp3) is 0.294. The SMILES string of the molecule is COc1ccc2c(-n3cc4c(n3)CCN(C[S-](=N)=O)C4)ccnc2c1. The van der Waals surface area contributed by atoms with Gasteiger partial charge in [0, 0.05) is 48.9 Å². The zero-order valence-electron chi connectivity index (χ0n) is 13.8. The summed E-state index contributed by atoms with van der Waals surface area (Å²) >= 11 is 0. The molecule has 3 aromatic rings. The number of hydrogen-bond donors (Lipinski definition) is 1. The summed E-state index contributed by atoms with van der Waals surface area (Å²) in [5, 5.41) is 5.74. The first-order valence-corrected chi connectivity index (χ1v) is 9.28. The Hall–Kier alpha value is -2.45. The summed E-state index contributed by atoms with van der Waals surface area (Å²) in [6.45, 7) is 1.46. The number of nitrogens with one attached hydrogen (secondary N) is 1. The molecular formula is C17H18N5O2S-. The molecule has 0 fully saturated rings. The van der Waals surface area contributed by atoms with Gasteiger partial charge in [-0.15, -0.1) is 0 Å². The van der Waals surface area contributed by atoms with Crippen molar-refractivity contribution in [3.63, 3.8) is 0 Å². The van der Waals surface area contributed by atoms with Crippen molar-refractivity contribution < 1.29 is 8.95 Å². The molecule has 3 heterocycles. The Morgan fingerprint density at radius 2 is 2.24 bits per heavy atom. The summed E-state index contributed by atoms with van der Waals surface area (Å²) in [7, 11) is 0.0787. The van der Waals surface area contributed by atoms with E-state index < -0.39 is 10.6 Å². The first kappa shape index (κ1) is 16.0. The van der Waals surface area contributed by atoms with Crippen molar-refractivity contribution in [2.75, 3.05) is 19.5 Å². The van der Waals surface area contributed by atoms with Crippen LogP contribution in [0.1, 0.15) is 11.3 Å². The highest BCUT2D eigenvalue weighted by atomic mass is 32.2. The van der Waals surface area contributed by atoms with Crippen molar-refractivity contribution in [1.82, 2.24) is 19.7 Å². The molecule has 8 heteroatoms. The maximum Gasteiger partial charge on any atom is 0.121 e. The normalized spacial score (nSPS) is 14.8. The molecule has 0 unspecified atom stereocenters. The smallest absolute Gasteiger partial charge is 0.121 e. The van der Waals surface area contributed by atoms with E-state index in [1.54, 1.807) is 13.3 Å². The molecule has 130 valence electrons. The topological polar surface area (TPSA) is 84.1 Å². The highest BCUT2D eigenvalue weighted by Crippen LogP contribution is 2.26. The van der Waals surface area contributed by atoms with E-state index in [4.69, 9.17) is 14.6 Å². The van der Waals surface area contributed by atoms with Crippen molar-refractivity contribution in [3.8, 4) is 11.4 Å². The van der Waals surface area contributed by atoms with Crippen LogP contribution >= 0.6 is 0 Å². The van der Waals surface area contributed by atoms with E-state index in [-0.39, 0.29) is 5.88 Å². The van der Waals surface area contributed by atoms with Gasteiger partial charge >= 0.3 is 0 Å². The van der Waals surface area contributed by atoms with Gasteiger partial charge in [0.2, 0.25) is 0 Å². The lowest BCUT2D eigenvalue weighted by molar-refractivity contribution is 0.295. The number of ether oxygens (including phenoxy) is 1. The van der Waals surface area contributed by atoms with Crippen molar-refractivity contribution in [2.45, 2.75) is 13.0 Å². The van der Waals surface area contributed by atoms with Gasteiger partial charge in [-0.05, 0) is 24.1 Å². The van der Waals surface area contributed by atoms with Crippen LogP contribution in [0.25, 0.3) is 16.6 Å². The summed E-state index contributed by atoms with van der Waals surface area (Å²) in [6.07, 6.45) is 4.59. The summed E-state index contributed by atoms with van der Waals surface area (Å²) in [4.78, 5) is 6.45. The van der Waals surface area contributed by atoms with Crippen LogP contribution in [-0.2, 0) is 27.8 Å². The van der Waals surface area contributed by atoms with Crippen molar-refractivity contribution in [1.29, 1.82) is 4.78 Å². The molecule has 7 nitrogen and oxygen atoms in total. The van der Waals surface area contributed by atoms with Gasteiger partial charge in [0.05, 0.1) is 24.0 Å². The Morgan fingerprint density at radius 1 is 1.36 bits per heavy atom. The molecule has 1 aliphatic rings. The second-order valence-electron chi connectivity index (χ2n) is 6.04. The van der Waals surface area contributed by atoms with E-state index >= 15 is 0 Å². The van der Waals surface area contributed by atoms with Gasteiger partial charge in [-0.1, -0.05) is 0 Å². The Kier molecular flexibility index (Phi) is 4.14. The van der Waals surface area contributed by atoms with Gasteiger partial charge < -0.3 is 18.6 Å². The molecular weight excluding hydrogens is 338 g/mol. The van der Waals surface area contributed by atoms with Crippen LogP contribution in [0.4, 0.5) is 0 Å². The summed E-state index contributed by atoms with van der Waals surface area (Å²) in [6, 6.07) is 7.77. The standard InChI is InChI=1S/C17H18N5O2S/c1-24-13-2-3-14-16(8-13)19-6-4-17(14)22-10-12-9-21(11-25(18)23)7-5-15(12)20-22/h2-4,6,8,10,18H,5,7,9,11H2,1H3/q-1. The zero-order chi connectivity index (χ0) is 17.4. The first-order valence-electron chi connectivity index (χ1n) is 7.96. The van der Waals surface area contributed by atoms with E-state index in [1.807, 2.05) is 40.0 Å². The van der Waals surface area contributed by atoms with Crippen LogP contribution in [0.2, 0.25) is 0 Å². The van der Waals surface area contributed by atoms with Crippen LogP contribution in [0.5, 0.6) is 5.75 Å². The average molecular weight is 356 g/mol. The summed E-state index contributed by atoms with van der Waals surface area (Å²) in [5.41, 5.74) is 4.01. The van der Waals surface area contributed by atoms with Crippen molar-refractivity contribution in [2.24, 2.45) is 0 Å². The van der Waals surface area contributed by atoms with Crippen molar-refractivity contribution >= 4 is 21.5 Å². The van der Waals surface area contributed by atoms with Crippen LogP contribution in [0, 0.1) is 4.78 Å². The molecule has 0 saturated carbocycles. The number of pyridine rings is 1. The lowest BCUT2D eigenvalue weighted by atomic mass is 10.1. The molecule has 2 aromatic heterocycles. The molecule has 0 atom stereocenters. The van der Waals surface area contributed by atoms with E-state index in [2.05, 4.69) is 4.98 Å². The summed E-state index contributed by atoms with van der Waals surface area (Å²) < 4.78 is 25.6. The maximum atomic E-state index is 11.1.